The lowest BCUT2D eigenvalue weighted by Gasteiger charge is -2.36. The Labute approximate surface area is 353 Å². The molecule has 2 aromatic heterocycles. The van der Waals surface area contributed by atoms with Gasteiger partial charge in [-0.25, -0.2) is 19.3 Å². The maximum absolute atomic E-state index is 12.6. The third-order valence-electron chi connectivity index (χ3n) is 9.44. The minimum Gasteiger partial charge on any atom is -0.790 e. The monoisotopic (exact) mass is 943 g/mol. The molecule has 29 heteroatoms. The lowest BCUT2D eigenvalue weighted by molar-refractivity contribution is -0.347. The Hall–Kier alpha value is -2.74. The first-order valence-corrected chi connectivity index (χ1v) is 24.1. The Bertz CT molecular complexity index is 2020. The number of thioether (sulfide) groups is 1. The first-order chi connectivity index (χ1) is 28.4. The number of aliphatic hydroxyl groups excluding tert-OH is 2. The summed E-state index contributed by atoms with van der Waals surface area (Å²) in [5.41, 5.74) is 2.02. The normalized spacial score (nSPS) is 24.0. The van der Waals surface area contributed by atoms with Gasteiger partial charge in [-0.15, -0.1) is 0 Å². The number of hydrogen-bond acceptors (Lipinski definition) is 23. The summed E-state index contributed by atoms with van der Waals surface area (Å²) in [7, 11) is -17.7. The van der Waals surface area contributed by atoms with Crippen LogP contribution < -0.4 is 35.9 Å². The van der Waals surface area contributed by atoms with Crippen LogP contribution in [-0.4, -0.2) is 116 Å². The van der Waals surface area contributed by atoms with Crippen molar-refractivity contribution >= 4 is 69.1 Å². The largest absolute Gasteiger partial charge is 0.790 e. The maximum Gasteiger partial charge on any atom is 0.274 e. The maximum atomic E-state index is 12.6. The van der Waals surface area contributed by atoms with Crippen LogP contribution in [0.1, 0.15) is 59.3 Å². The Morgan fingerprint density at radius 1 is 1.08 bits per heavy atom. The number of aromatic nitrogens is 4. The second-order valence-corrected chi connectivity index (χ2v) is 19.9. The highest BCUT2D eigenvalue weighted by molar-refractivity contribution is 8.14. The summed E-state index contributed by atoms with van der Waals surface area (Å²) in [5.74, 6) is -1.28. The molecule has 4 rings (SSSR count). The van der Waals surface area contributed by atoms with E-state index in [1.165, 1.54) is 33.3 Å². The molecule has 61 heavy (non-hydrogen) atoms. The number of anilines is 1. The van der Waals surface area contributed by atoms with E-state index in [2.05, 4.69) is 43.5 Å². The summed E-state index contributed by atoms with van der Waals surface area (Å²) in [4.78, 5) is 96.8. The van der Waals surface area contributed by atoms with Gasteiger partial charge in [0.25, 0.3) is 15.6 Å². The van der Waals surface area contributed by atoms with Crippen LogP contribution in [-0.2, 0) is 61.2 Å². The van der Waals surface area contributed by atoms with E-state index >= 15 is 0 Å². The van der Waals surface area contributed by atoms with Crippen molar-refractivity contribution in [1.82, 2.24) is 30.2 Å². The molecule has 1 aliphatic carbocycles. The van der Waals surface area contributed by atoms with Crippen molar-refractivity contribution in [2.24, 2.45) is 5.41 Å². The average molecular weight is 944 g/mol. The molecule has 7 atom stereocenters. The predicted molar refractivity (Wildman–Crippen MR) is 205 cm³/mol. The van der Waals surface area contributed by atoms with Gasteiger partial charge in [-0.3, -0.25) is 28.1 Å². The molecule has 0 aromatic carbocycles. The molecular formula is C32H48N7O18P3S-4. The minimum absolute atomic E-state index is 0.0338. The number of imidazole rings is 1. The fourth-order valence-electron chi connectivity index (χ4n) is 6.19. The summed E-state index contributed by atoms with van der Waals surface area (Å²) in [5, 5.41) is 26.3. The molecule has 7 unspecified atom stereocenters. The number of carbonyl (C=O) groups excluding carboxylic acids is 3. The Morgan fingerprint density at radius 3 is 2.46 bits per heavy atom. The summed E-state index contributed by atoms with van der Waals surface area (Å²) in [6.45, 7) is 1.56. The first kappa shape index (κ1) is 50.9. The molecule has 1 saturated heterocycles. The second-order valence-electron chi connectivity index (χ2n) is 14.7. The summed E-state index contributed by atoms with van der Waals surface area (Å²) in [6.07, 6.45) is 2.73. The van der Waals surface area contributed by atoms with E-state index in [1.54, 1.807) is 6.08 Å². The zero-order chi connectivity index (χ0) is 45.2. The molecule has 3 heterocycles. The van der Waals surface area contributed by atoms with Crippen LogP contribution in [0.25, 0.3) is 11.2 Å². The van der Waals surface area contributed by atoms with Gasteiger partial charge in [0.15, 0.2) is 17.2 Å². The van der Waals surface area contributed by atoms with Crippen molar-refractivity contribution in [1.29, 1.82) is 0 Å². The van der Waals surface area contributed by atoms with Gasteiger partial charge in [0, 0.05) is 30.7 Å². The van der Waals surface area contributed by atoms with E-state index in [1.807, 2.05) is 0 Å². The number of amides is 2. The summed E-state index contributed by atoms with van der Waals surface area (Å²) in [6, 6.07) is 0. The molecule has 6 N–H and O–H groups in total. The molecule has 1 saturated carbocycles. The van der Waals surface area contributed by atoms with E-state index in [0.717, 1.165) is 54.7 Å². The number of nitrogens with two attached hydrogens (primary N) is 1. The Kier molecular flexibility index (Phi) is 18.2. The number of nitrogens with zero attached hydrogens (tertiary/aromatic N) is 4. The number of hydrogen-bond donors (Lipinski definition) is 5. The zero-order valence-corrected chi connectivity index (χ0v) is 36.7. The van der Waals surface area contributed by atoms with Crippen LogP contribution in [0.3, 0.4) is 0 Å². The Balaban J connectivity index is 1.19. The smallest absolute Gasteiger partial charge is 0.274 e. The van der Waals surface area contributed by atoms with Crippen LogP contribution in [0.2, 0.25) is 0 Å². The summed E-state index contributed by atoms with van der Waals surface area (Å²) >= 11 is 1.00. The molecule has 0 spiro atoms. The van der Waals surface area contributed by atoms with Crippen LogP contribution in [0, 0.1) is 5.41 Å². The average Bonchev–Trinajstić information content (AvgIpc) is 3.72. The van der Waals surface area contributed by atoms with Gasteiger partial charge in [-0.05, 0) is 25.8 Å². The lowest BCUT2D eigenvalue weighted by atomic mass is 9.87. The van der Waals surface area contributed by atoms with Gasteiger partial charge in [-0.1, -0.05) is 50.9 Å². The van der Waals surface area contributed by atoms with E-state index < -0.39 is 84.1 Å². The number of phosphoric ester groups is 3. The lowest BCUT2D eigenvalue weighted by Crippen LogP contribution is -2.46. The van der Waals surface area contributed by atoms with E-state index in [0.29, 0.717) is 12.4 Å². The van der Waals surface area contributed by atoms with Gasteiger partial charge in [0.05, 0.1) is 40.1 Å². The molecular weight excluding hydrogens is 895 g/mol. The van der Waals surface area contributed by atoms with Gasteiger partial charge in [0.1, 0.15) is 36.3 Å². The molecule has 2 aliphatic rings. The van der Waals surface area contributed by atoms with Gasteiger partial charge >= 0.3 is 0 Å². The highest BCUT2D eigenvalue weighted by Gasteiger charge is 2.55. The molecule has 2 fully saturated rings. The molecule has 2 amide bonds. The number of nitrogen functional groups attached to an aromatic ring is 1. The molecule has 1 aliphatic heterocycles. The third-order valence-corrected chi connectivity index (χ3v) is 13.3. The van der Waals surface area contributed by atoms with Crippen LogP contribution >= 0.6 is 35.2 Å². The van der Waals surface area contributed by atoms with Gasteiger partial charge in [0.2, 0.25) is 16.9 Å². The quantitative estimate of drug-likeness (QED) is 0.0467. The molecule has 0 bridgehead atoms. The first-order valence-electron chi connectivity index (χ1n) is 18.7. The number of nitrogens with one attached hydrogen (secondary N) is 2. The molecule has 25 nitrogen and oxygen atoms in total. The third kappa shape index (κ3) is 15.2. The second kappa shape index (κ2) is 21.8. The van der Waals surface area contributed by atoms with Crippen LogP contribution in [0.4, 0.5) is 5.82 Å². The van der Waals surface area contributed by atoms with E-state index in [9.17, 15) is 57.9 Å². The van der Waals surface area contributed by atoms with Crippen LogP contribution in [0.15, 0.2) is 24.8 Å². The van der Waals surface area contributed by atoms with E-state index in [4.69, 9.17) is 15.2 Å². The molecule has 2 aromatic rings. The van der Waals surface area contributed by atoms with Crippen molar-refractivity contribution < 1.29 is 85.2 Å². The Morgan fingerprint density at radius 2 is 1.77 bits per heavy atom. The minimum atomic E-state index is -5.94. The summed E-state index contributed by atoms with van der Waals surface area (Å²) < 4.78 is 66.9. The van der Waals surface area contributed by atoms with E-state index in [-0.39, 0.29) is 47.7 Å². The molecule has 0 radical (unpaired) electrons. The topological polar surface area (TPSA) is 384 Å². The molecule has 344 valence electrons. The van der Waals surface area contributed by atoms with Crippen molar-refractivity contribution in [2.75, 3.05) is 44.4 Å². The fourth-order valence-corrected chi connectivity index (χ4v) is 9.51. The highest BCUT2D eigenvalue weighted by Crippen LogP contribution is 2.56. The number of ether oxygens (including phenoxy) is 2. The number of phosphoric acid groups is 3. The van der Waals surface area contributed by atoms with Crippen molar-refractivity contribution in [2.45, 2.75) is 95.5 Å². The number of rotatable bonds is 23. The number of fused-ring (bicyclic) bond motifs is 1. The van der Waals surface area contributed by atoms with Crippen molar-refractivity contribution in [3.8, 4) is 0 Å². The highest BCUT2D eigenvalue weighted by atomic mass is 32.2. The van der Waals surface area contributed by atoms with Crippen molar-refractivity contribution in [3.63, 3.8) is 0 Å². The van der Waals surface area contributed by atoms with Gasteiger partial charge in [-0.2, -0.15) is 0 Å². The van der Waals surface area contributed by atoms with Crippen molar-refractivity contribution in [3.05, 3.63) is 24.8 Å². The van der Waals surface area contributed by atoms with Gasteiger partial charge < -0.3 is 73.8 Å². The standard InChI is InChI=1S/C32H52N7O18P3S/c1-31(2,27(43)30(44)35-12-11-22(40)34-13-15-61-23(41)10-7-14-52-20-8-5-4-6-9-20)17-54-60(50,51)57-59(48,49)53-16-21-25(56-58(45,46)47)26(42)32(3,55-21)39-19-38-24-28(33)36-18-37-29(24)39/h7,10,18-21,25-27,42-43H,4-6,8-9,11-17H2,1-3H3,(H,34,40)(H,35,44)(H,48,49)(H,50,51)(H2,33,36,37)(H2,45,46,47)/p-4. The fraction of sp³-hybridized carbons (Fsp3) is 0.688. The predicted octanol–water partition coefficient (Wildman–Crippen LogP) is -1.78. The number of carbonyl (C=O) groups is 3. The zero-order valence-electron chi connectivity index (χ0n) is 33.2. The number of aliphatic hydroxyl groups is 2. The van der Waals surface area contributed by atoms with Crippen LogP contribution in [0.5, 0.6) is 0 Å². The SMILES string of the molecule is CC(C)(COP(=O)([O-])OP(=O)([O-])OCC1OC(C)(n2cnc3c(N)ncnc32)C(O)C1OP(=O)([O-])[O-])C(O)C(=O)NCCC(=O)NCCSC(=O)C=CCOC1CCCCC1.